The van der Waals surface area contributed by atoms with E-state index in [1.165, 1.54) is 19.2 Å². The highest BCUT2D eigenvalue weighted by Gasteiger charge is 2.21. The highest BCUT2D eigenvalue weighted by molar-refractivity contribution is 5.97. The van der Waals surface area contributed by atoms with Crippen molar-refractivity contribution in [3.05, 3.63) is 53.6 Å². The molecule has 3 rings (SSSR count). The van der Waals surface area contributed by atoms with E-state index in [2.05, 4.69) is 26.9 Å². The fraction of sp³-hybridized carbons (Fsp3) is 0.381. The third-order valence-corrected chi connectivity index (χ3v) is 4.93. The average molecular weight is 405 g/mol. The second-order valence-corrected chi connectivity index (χ2v) is 6.82. The zero-order valence-corrected chi connectivity index (χ0v) is 16.5. The van der Waals surface area contributed by atoms with Crippen LogP contribution in [0.4, 0.5) is 14.5 Å². The maximum atomic E-state index is 12.8. The van der Waals surface area contributed by atoms with Crippen molar-refractivity contribution in [1.82, 2.24) is 10.2 Å². The molecule has 0 atom stereocenters. The highest BCUT2D eigenvalue weighted by Crippen LogP contribution is 2.32. The largest absolute Gasteiger partial charge is 0.493 e. The summed E-state index contributed by atoms with van der Waals surface area (Å²) in [5.74, 6) is -0.696. The van der Waals surface area contributed by atoms with Gasteiger partial charge in [0.1, 0.15) is 0 Å². The third kappa shape index (κ3) is 5.14. The molecular weight excluding hydrogens is 380 g/mol. The van der Waals surface area contributed by atoms with Crippen LogP contribution < -0.4 is 19.7 Å². The highest BCUT2D eigenvalue weighted by atomic mass is 19.3. The van der Waals surface area contributed by atoms with Gasteiger partial charge in [-0.05, 0) is 30.8 Å². The molecule has 1 N–H and O–H groups in total. The molecule has 0 unspecified atom stereocenters. The summed E-state index contributed by atoms with van der Waals surface area (Å²) in [6.07, 6.45) is 0. The van der Waals surface area contributed by atoms with E-state index in [4.69, 9.17) is 4.74 Å². The second kappa shape index (κ2) is 9.56. The maximum absolute atomic E-state index is 12.8. The zero-order chi connectivity index (χ0) is 20.8. The van der Waals surface area contributed by atoms with Crippen molar-refractivity contribution in [1.29, 1.82) is 0 Å². The number of carbonyl (C=O) groups excluding carboxylic acids is 1. The number of ether oxygens (including phenoxy) is 2. The molecule has 0 aromatic heterocycles. The lowest BCUT2D eigenvalue weighted by molar-refractivity contribution is -0.0515. The van der Waals surface area contributed by atoms with E-state index in [-0.39, 0.29) is 23.6 Å². The Morgan fingerprint density at radius 1 is 1.10 bits per heavy atom. The Labute approximate surface area is 169 Å². The summed E-state index contributed by atoms with van der Waals surface area (Å²) < 4.78 is 35.2. The van der Waals surface area contributed by atoms with Gasteiger partial charge in [-0.25, -0.2) is 0 Å². The summed E-state index contributed by atoms with van der Waals surface area (Å²) in [6.45, 7) is 0.966. The Bertz CT molecular complexity index is 840. The van der Waals surface area contributed by atoms with Crippen LogP contribution in [0.2, 0.25) is 0 Å². The van der Waals surface area contributed by atoms with Gasteiger partial charge >= 0.3 is 6.61 Å². The molecule has 1 fully saturated rings. The minimum Gasteiger partial charge on any atom is -0.493 e. The van der Waals surface area contributed by atoms with Crippen molar-refractivity contribution in [2.24, 2.45) is 0 Å². The fourth-order valence-corrected chi connectivity index (χ4v) is 3.35. The van der Waals surface area contributed by atoms with Gasteiger partial charge in [-0.1, -0.05) is 24.3 Å². The molecule has 2 aromatic carbocycles. The number of halogens is 2. The molecule has 1 saturated heterocycles. The lowest BCUT2D eigenvalue weighted by atomic mass is 10.1. The molecule has 0 aliphatic carbocycles. The van der Waals surface area contributed by atoms with Crippen molar-refractivity contribution in [2.45, 2.75) is 13.2 Å². The van der Waals surface area contributed by atoms with E-state index in [0.29, 0.717) is 0 Å². The molecule has 1 amide bonds. The molecule has 0 saturated carbocycles. The van der Waals surface area contributed by atoms with Gasteiger partial charge < -0.3 is 24.6 Å². The van der Waals surface area contributed by atoms with Crippen molar-refractivity contribution in [3.63, 3.8) is 0 Å². The Morgan fingerprint density at radius 3 is 2.52 bits per heavy atom. The van der Waals surface area contributed by atoms with E-state index in [1.54, 1.807) is 6.07 Å². The quantitative estimate of drug-likeness (QED) is 0.768. The van der Waals surface area contributed by atoms with Gasteiger partial charge in [-0.15, -0.1) is 0 Å². The van der Waals surface area contributed by atoms with Crippen molar-refractivity contribution in [2.75, 3.05) is 45.2 Å². The smallest absolute Gasteiger partial charge is 0.387 e. The van der Waals surface area contributed by atoms with E-state index in [0.717, 1.165) is 37.4 Å². The Kier molecular flexibility index (Phi) is 6.87. The topological polar surface area (TPSA) is 54.0 Å². The third-order valence-electron chi connectivity index (χ3n) is 4.93. The number of para-hydroxylation sites is 2. The second-order valence-electron chi connectivity index (χ2n) is 6.82. The maximum Gasteiger partial charge on any atom is 0.387 e. The molecule has 156 valence electrons. The number of piperazine rings is 1. The number of hydrogen-bond donors (Lipinski definition) is 1. The number of likely N-dealkylation sites (N-methyl/N-ethyl adjacent to an activating group) is 1. The molecule has 0 bridgehead atoms. The molecule has 1 aliphatic rings. The summed E-state index contributed by atoms with van der Waals surface area (Å²) in [5.41, 5.74) is 2.03. The van der Waals surface area contributed by atoms with Crippen molar-refractivity contribution in [3.8, 4) is 11.5 Å². The van der Waals surface area contributed by atoms with Gasteiger partial charge in [0.25, 0.3) is 5.91 Å². The number of hydrogen-bond acceptors (Lipinski definition) is 5. The zero-order valence-electron chi connectivity index (χ0n) is 16.5. The van der Waals surface area contributed by atoms with Crippen LogP contribution >= 0.6 is 0 Å². The van der Waals surface area contributed by atoms with Gasteiger partial charge in [0, 0.05) is 38.4 Å². The molecule has 0 spiro atoms. The number of nitrogens with zero attached hydrogens (tertiary/aromatic N) is 2. The van der Waals surface area contributed by atoms with Gasteiger partial charge in [-0.3, -0.25) is 4.79 Å². The van der Waals surface area contributed by atoms with Gasteiger partial charge in [0.05, 0.1) is 12.7 Å². The monoisotopic (exact) mass is 405 g/mol. The number of rotatable bonds is 7. The van der Waals surface area contributed by atoms with Gasteiger partial charge in [0.15, 0.2) is 11.5 Å². The first kappa shape index (κ1) is 20.9. The fourth-order valence-electron chi connectivity index (χ4n) is 3.35. The SMILES string of the molecule is COc1cccc(C(=O)NCc2ccccc2N2CCN(C)CC2)c1OC(F)F. The summed E-state index contributed by atoms with van der Waals surface area (Å²) in [7, 11) is 3.43. The van der Waals surface area contributed by atoms with Gasteiger partial charge in [-0.2, -0.15) is 8.78 Å². The predicted octanol–water partition coefficient (Wildman–Crippen LogP) is 2.98. The molecule has 1 heterocycles. The number of benzene rings is 2. The summed E-state index contributed by atoms with van der Waals surface area (Å²) in [6, 6.07) is 12.3. The number of carbonyl (C=O) groups is 1. The van der Waals surface area contributed by atoms with E-state index in [9.17, 15) is 13.6 Å². The molecule has 29 heavy (non-hydrogen) atoms. The van der Waals surface area contributed by atoms with E-state index < -0.39 is 12.5 Å². The molecular formula is C21H25F2N3O3. The Balaban J connectivity index is 1.75. The van der Waals surface area contributed by atoms with Crippen LogP contribution in [0.5, 0.6) is 11.5 Å². The normalized spacial score (nSPS) is 14.7. The van der Waals surface area contributed by atoms with Crippen LogP contribution in [0, 0.1) is 0 Å². The standard InChI is InChI=1S/C21H25F2N3O3/c1-25-10-12-26(13-11-25)17-8-4-3-6-15(17)14-24-20(27)16-7-5-9-18(28-2)19(16)29-21(22)23/h3-9,21H,10-14H2,1-2H3,(H,24,27). The van der Waals surface area contributed by atoms with Crippen LogP contribution in [-0.2, 0) is 6.54 Å². The first-order valence-electron chi connectivity index (χ1n) is 9.41. The minimum atomic E-state index is -3.06. The lowest BCUT2D eigenvalue weighted by Crippen LogP contribution is -2.45. The summed E-state index contributed by atoms with van der Waals surface area (Å²) in [4.78, 5) is 17.3. The number of alkyl halides is 2. The lowest BCUT2D eigenvalue weighted by Gasteiger charge is -2.35. The molecule has 2 aromatic rings. The summed E-state index contributed by atoms with van der Waals surface area (Å²) >= 11 is 0. The summed E-state index contributed by atoms with van der Waals surface area (Å²) in [5, 5.41) is 2.81. The number of amides is 1. The van der Waals surface area contributed by atoms with Crippen LogP contribution in [0.3, 0.4) is 0 Å². The van der Waals surface area contributed by atoms with E-state index >= 15 is 0 Å². The van der Waals surface area contributed by atoms with Crippen LogP contribution in [-0.4, -0.2) is 57.8 Å². The number of anilines is 1. The Hall–Kier alpha value is -2.87. The minimum absolute atomic E-state index is 0.00160. The van der Waals surface area contributed by atoms with E-state index in [1.807, 2.05) is 24.3 Å². The predicted molar refractivity (Wildman–Crippen MR) is 107 cm³/mol. The first-order valence-corrected chi connectivity index (χ1v) is 9.41. The number of methoxy groups -OCH3 is 1. The molecule has 6 nitrogen and oxygen atoms in total. The van der Waals surface area contributed by atoms with Crippen LogP contribution in [0.1, 0.15) is 15.9 Å². The van der Waals surface area contributed by atoms with Crippen molar-refractivity contribution >= 4 is 11.6 Å². The number of nitrogens with one attached hydrogen (secondary N) is 1. The molecule has 1 aliphatic heterocycles. The Morgan fingerprint density at radius 2 is 1.83 bits per heavy atom. The first-order chi connectivity index (χ1) is 14.0. The molecule has 8 heteroatoms. The van der Waals surface area contributed by atoms with Crippen molar-refractivity contribution < 1.29 is 23.0 Å². The molecule has 0 radical (unpaired) electrons. The van der Waals surface area contributed by atoms with Crippen LogP contribution in [0.15, 0.2) is 42.5 Å². The van der Waals surface area contributed by atoms with Gasteiger partial charge in [0.2, 0.25) is 0 Å². The average Bonchev–Trinajstić information content (AvgIpc) is 2.72. The van der Waals surface area contributed by atoms with Crippen LogP contribution in [0.25, 0.3) is 0 Å².